The molecule has 0 aromatic heterocycles. The second kappa shape index (κ2) is 9.73. The van der Waals surface area contributed by atoms with Gasteiger partial charge in [-0.3, -0.25) is 20.4 Å². The second-order valence-electron chi connectivity index (χ2n) is 4.67. The fraction of sp³-hybridized carbons (Fsp3) is 0.400. The predicted molar refractivity (Wildman–Crippen MR) is 88.5 cm³/mol. The van der Waals surface area contributed by atoms with Crippen LogP contribution in [0.3, 0.4) is 0 Å². The fourth-order valence-electron chi connectivity index (χ4n) is 1.62. The van der Waals surface area contributed by atoms with E-state index in [2.05, 4.69) is 23.1 Å². The molecule has 1 aromatic carbocycles. The van der Waals surface area contributed by atoms with Gasteiger partial charge in [0.1, 0.15) is 5.75 Å². The number of carbonyl (C=O) groups excluding carboxylic acids is 2. The van der Waals surface area contributed by atoms with Crippen LogP contribution in [0.5, 0.6) is 5.75 Å². The highest BCUT2D eigenvalue weighted by atomic mass is 32.1. The van der Waals surface area contributed by atoms with Crippen LogP contribution in [0.25, 0.3) is 0 Å². The molecule has 0 aliphatic heterocycles. The average molecular weight is 323 g/mol. The van der Waals surface area contributed by atoms with Gasteiger partial charge in [-0.2, -0.15) is 0 Å². The molecule has 2 amide bonds. The third-order valence-electron chi connectivity index (χ3n) is 2.71. The molecule has 0 saturated carbocycles. The molecule has 0 heterocycles. The van der Waals surface area contributed by atoms with Gasteiger partial charge in [0.25, 0.3) is 5.91 Å². The monoisotopic (exact) mass is 323 g/mol. The van der Waals surface area contributed by atoms with Gasteiger partial charge >= 0.3 is 0 Å². The Hall–Kier alpha value is -2.15. The summed E-state index contributed by atoms with van der Waals surface area (Å²) in [6, 6.07) is 6.81. The third kappa shape index (κ3) is 7.03. The van der Waals surface area contributed by atoms with E-state index in [0.29, 0.717) is 12.2 Å². The summed E-state index contributed by atoms with van der Waals surface area (Å²) in [5.41, 5.74) is 5.30. The van der Waals surface area contributed by atoms with Gasteiger partial charge in [0, 0.05) is 12.5 Å². The van der Waals surface area contributed by atoms with E-state index < -0.39 is 0 Å². The molecule has 1 rings (SSSR count). The van der Waals surface area contributed by atoms with E-state index in [1.54, 1.807) is 24.3 Å². The first-order valence-corrected chi connectivity index (χ1v) is 7.54. The summed E-state index contributed by atoms with van der Waals surface area (Å²) in [6.07, 6.45) is 3.30. The lowest BCUT2D eigenvalue weighted by atomic mass is 10.2. The van der Waals surface area contributed by atoms with Crippen LogP contribution in [-0.4, -0.2) is 23.5 Å². The zero-order valence-electron chi connectivity index (χ0n) is 12.8. The normalized spacial score (nSPS) is 9.73. The molecule has 0 saturated heterocycles. The smallest absolute Gasteiger partial charge is 0.269 e. The largest absolute Gasteiger partial charge is 0.494 e. The highest BCUT2D eigenvalue weighted by Crippen LogP contribution is 2.12. The maximum atomic E-state index is 11.9. The molecular formula is C15H21N3O3S. The molecule has 6 nitrogen and oxygen atoms in total. The Labute approximate surface area is 135 Å². The van der Waals surface area contributed by atoms with Gasteiger partial charge in [-0.15, -0.1) is 0 Å². The molecule has 22 heavy (non-hydrogen) atoms. The van der Waals surface area contributed by atoms with Gasteiger partial charge in [0.05, 0.1) is 6.61 Å². The van der Waals surface area contributed by atoms with Crippen molar-refractivity contribution in [2.45, 2.75) is 33.1 Å². The Balaban J connectivity index is 2.40. The van der Waals surface area contributed by atoms with Gasteiger partial charge < -0.3 is 10.1 Å². The Bertz CT molecular complexity index is 517. The van der Waals surface area contributed by atoms with E-state index in [1.807, 2.05) is 0 Å². The van der Waals surface area contributed by atoms with Gasteiger partial charge in [0.15, 0.2) is 5.11 Å². The summed E-state index contributed by atoms with van der Waals surface area (Å²) in [4.78, 5) is 22.6. The zero-order chi connectivity index (χ0) is 16.4. The molecule has 0 aliphatic carbocycles. The first-order chi connectivity index (χ1) is 10.5. The minimum absolute atomic E-state index is 0.0386. The van der Waals surface area contributed by atoms with Crippen molar-refractivity contribution in [1.82, 2.24) is 16.2 Å². The summed E-state index contributed by atoms with van der Waals surface area (Å²) < 4.78 is 5.57. The molecular weight excluding hydrogens is 302 g/mol. The SMILES string of the molecule is CCCCCOc1ccc(C(=O)NNC(=S)NC(C)=O)cc1. The molecule has 120 valence electrons. The number of carbonyl (C=O) groups is 2. The molecule has 0 aliphatic rings. The Morgan fingerprint density at radius 3 is 2.41 bits per heavy atom. The fourth-order valence-corrected chi connectivity index (χ4v) is 1.82. The van der Waals surface area contributed by atoms with E-state index in [9.17, 15) is 9.59 Å². The van der Waals surface area contributed by atoms with Crippen LogP contribution in [0.15, 0.2) is 24.3 Å². The lowest BCUT2D eigenvalue weighted by Gasteiger charge is -2.10. The van der Waals surface area contributed by atoms with E-state index in [0.717, 1.165) is 25.0 Å². The molecule has 0 fully saturated rings. The van der Waals surface area contributed by atoms with Gasteiger partial charge in [-0.05, 0) is 42.9 Å². The number of hydrogen-bond donors (Lipinski definition) is 3. The summed E-state index contributed by atoms with van der Waals surface area (Å²) in [7, 11) is 0. The molecule has 1 aromatic rings. The molecule has 0 spiro atoms. The van der Waals surface area contributed by atoms with Crippen LogP contribution >= 0.6 is 12.2 Å². The number of benzene rings is 1. The average Bonchev–Trinajstić information content (AvgIpc) is 2.49. The summed E-state index contributed by atoms with van der Waals surface area (Å²) in [5, 5.41) is 2.38. The van der Waals surface area contributed by atoms with E-state index in [-0.39, 0.29) is 16.9 Å². The number of amides is 2. The van der Waals surface area contributed by atoms with Crippen molar-refractivity contribution in [2.24, 2.45) is 0 Å². The lowest BCUT2D eigenvalue weighted by Crippen LogP contribution is -2.47. The topological polar surface area (TPSA) is 79.5 Å². The quantitative estimate of drug-likeness (QED) is 0.423. The highest BCUT2D eigenvalue weighted by molar-refractivity contribution is 7.80. The Kier molecular flexibility index (Phi) is 7.91. The van der Waals surface area contributed by atoms with Crippen molar-refractivity contribution in [1.29, 1.82) is 0 Å². The highest BCUT2D eigenvalue weighted by Gasteiger charge is 2.06. The molecule has 7 heteroatoms. The Morgan fingerprint density at radius 2 is 1.82 bits per heavy atom. The summed E-state index contributed by atoms with van der Waals surface area (Å²) in [5.74, 6) is 0.0657. The minimum Gasteiger partial charge on any atom is -0.494 e. The second-order valence-corrected chi connectivity index (χ2v) is 5.08. The third-order valence-corrected chi connectivity index (χ3v) is 2.92. The standard InChI is InChI=1S/C15H21N3O3S/c1-3-4-5-10-21-13-8-6-12(7-9-13)14(20)17-18-15(22)16-11(2)19/h6-9H,3-5,10H2,1-2H3,(H,17,20)(H2,16,18,19,22). The molecule has 0 unspecified atom stereocenters. The number of hydrogen-bond acceptors (Lipinski definition) is 4. The summed E-state index contributed by atoms with van der Waals surface area (Å²) in [6.45, 7) is 4.14. The Morgan fingerprint density at radius 1 is 1.14 bits per heavy atom. The van der Waals surface area contributed by atoms with Crippen molar-refractivity contribution in [3.05, 3.63) is 29.8 Å². The number of ether oxygens (including phenoxy) is 1. The molecule has 0 radical (unpaired) electrons. The number of unbranched alkanes of at least 4 members (excludes halogenated alkanes) is 2. The predicted octanol–water partition coefficient (Wildman–Crippen LogP) is 1.91. The maximum absolute atomic E-state index is 11.9. The minimum atomic E-state index is -0.356. The van der Waals surface area contributed by atoms with Gasteiger partial charge in [-0.1, -0.05) is 19.8 Å². The lowest BCUT2D eigenvalue weighted by molar-refractivity contribution is -0.117. The number of nitrogens with one attached hydrogen (secondary N) is 3. The van der Waals surface area contributed by atoms with Crippen LogP contribution in [0, 0.1) is 0 Å². The molecule has 0 atom stereocenters. The summed E-state index contributed by atoms with van der Waals surface area (Å²) >= 11 is 4.81. The number of hydrazine groups is 1. The van der Waals surface area contributed by atoms with Crippen LogP contribution in [0.2, 0.25) is 0 Å². The maximum Gasteiger partial charge on any atom is 0.269 e. The van der Waals surface area contributed by atoms with Crippen LogP contribution in [-0.2, 0) is 4.79 Å². The van der Waals surface area contributed by atoms with E-state index in [4.69, 9.17) is 17.0 Å². The van der Waals surface area contributed by atoms with Gasteiger partial charge in [-0.25, -0.2) is 0 Å². The molecule has 0 bridgehead atoms. The van der Waals surface area contributed by atoms with Crippen molar-refractivity contribution < 1.29 is 14.3 Å². The number of thiocarbonyl (C=S) groups is 1. The van der Waals surface area contributed by atoms with Crippen molar-refractivity contribution in [2.75, 3.05) is 6.61 Å². The first kappa shape index (κ1) is 17.9. The van der Waals surface area contributed by atoms with Crippen molar-refractivity contribution >= 4 is 29.1 Å². The molecule has 3 N–H and O–H groups in total. The number of rotatable bonds is 6. The van der Waals surface area contributed by atoms with Gasteiger partial charge in [0.2, 0.25) is 5.91 Å². The van der Waals surface area contributed by atoms with Crippen molar-refractivity contribution in [3.63, 3.8) is 0 Å². The first-order valence-electron chi connectivity index (χ1n) is 7.13. The van der Waals surface area contributed by atoms with Crippen LogP contribution in [0.1, 0.15) is 43.5 Å². The van der Waals surface area contributed by atoms with E-state index >= 15 is 0 Å². The van der Waals surface area contributed by atoms with Crippen LogP contribution < -0.4 is 20.9 Å². The van der Waals surface area contributed by atoms with Crippen LogP contribution in [0.4, 0.5) is 0 Å². The van der Waals surface area contributed by atoms with Crippen molar-refractivity contribution in [3.8, 4) is 5.75 Å². The van der Waals surface area contributed by atoms with E-state index in [1.165, 1.54) is 6.92 Å². The zero-order valence-corrected chi connectivity index (χ0v) is 13.6.